The molecule has 1 fully saturated rings. The average molecular weight is 259 g/mol. The number of benzene rings is 1. The molecule has 0 amide bonds. The van der Waals surface area contributed by atoms with Gasteiger partial charge in [-0.2, -0.15) is 13.2 Å². The largest absolute Gasteiger partial charge is 0.491 e. The van der Waals surface area contributed by atoms with Crippen LogP contribution in [0, 0.1) is 6.92 Å². The van der Waals surface area contributed by atoms with Crippen LogP contribution < -0.4 is 10.1 Å². The monoisotopic (exact) mass is 259 g/mol. The Hall–Kier alpha value is -1.23. The third-order valence-corrected chi connectivity index (χ3v) is 3.04. The summed E-state index contributed by atoms with van der Waals surface area (Å²) in [6.45, 7) is 2.95. The van der Waals surface area contributed by atoms with Crippen LogP contribution in [0.3, 0.4) is 0 Å². The van der Waals surface area contributed by atoms with Crippen LogP contribution in [0.1, 0.15) is 24.0 Å². The zero-order valence-corrected chi connectivity index (χ0v) is 10.2. The molecule has 0 saturated carbocycles. The molecule has 0 spiro atoms. The Morgan fingerprint density at radius 2 is 2.17 bits per heavy atom. The van der Waals surface area contributed by atoms with Crippen molar-refractivity contribution in [1.82, 2.24) is 5.32 Å². The summed E-state index contributed by atoms with van der Waals surface area (Å²) in [6.07, 6.45) is -2.37. The first-order valence-corrected chi connectivity index (χ1v) is 6.01. The van der Waals surface area contributed by atoms with Crippen LogP contribution >= 0.6 is 0 Å². The molecule has 1 aromatic carbocycles. The van der Waals surface area contributed by atoms with E-state index >= 15 is 0 Å². The molecule has 0 aromatic heterocycles. The molecule has 5 heteroatoms. The summed E-state index contributed by atoms with van der Waals surface area (Å²) in [5.41, 5.74) is 0.0588. The van der Waals surface area contributed by atoms with Gasteiger partial charge in [0.05, 0.1) is 5.56 Å². The number of hydrogen-bond donors (Lipinski definition) is 1. The van der Waals surface area contributed by atoms with Crippen LogP contribution in [-0.4, -0.2) is 19.2 Å². The Morgan fingerprint density at radius 3 is 2.78 bits per heavy atom. The van der Waals surface area contributed by atoms with Gasteiger partial charge in [-0.25, -0.2) is 0 Å². The molecule has 0 radical (unpaired) electrons. The maximum Gasteiger partial charge on any atom is 0.419 e. The Morgan fingerprint density at radius 1 is 1.39 bits per heavy atom. The van der Waals surface area contributed by atoms with E-state index in [9.17, 15) is 13.2 Å². The summed E-state index contributed by atoms with van der Waals surface area (Å²) >= 11 is 0. The van der Waals surface area contributed by atoms with Crippen molar-refractivity contribution in [1.29, 1.82) is 0 Å². The summed E-state index contributed by atoms with van der Waals surface area (Å²) in [6, 6.07) is 4.13. The maximum absolute atomic E-state index is 12.8. The Bertz CT molecular complexity index is 411. The van der Waals surface area contributed by atoms with Crippen molar-refractivity contribution in [3.05, 3.63) is 29.3 Å². The molecule has 100 valence electrons. The third-order valence-electron chi connectivity index (χ3n) is 3.04. The molecule has 1 aromatic rings. The SMILES string of the molecule is Cc1ccc(C(F)(F)F)c(OCC2CCCN2)c1. The van der Waals surface area contributed by atoms with E-state index < -0.39 is 11.7 Å². The smallest absolute Gasteiger partial charge is 0.419 e. The molecule has 1 unspecified atom stereocenters. The summed E-state index contributed by atoms with van der Waals surface area (Å²) in [7, 11) is 0. The fourth-order valence-electron chi connectivity index (χ4n) is 2.07. The number of rotatable bonds is 3. The molecule has 1 heterocycles. The number of halogens is 3. The van der Waals surface area contributed by atoms with Crippen molar-refractivity contribution in [2.75, 3.05) is 13.2 Å². The summed E-state index contributed by atoms with van der Waals surface area (Å²) < 4.78 is 43.7. The van der Waals surface area contributed by atoms with Gasteiger partial charge in [-0.3, -0.25) is 0 Å². The van der Waals surface area contributed by atoms with E-state index in [2.05, 4.69) is 5.32 Å². The number of nitrogens with one attached hydrogen (secondary N) is 1. The van der Waals surface area contributed by atoms with Gasteiger partial charge in [0.15, 0.2) is 0 Å². The van der Waals surface area contributed by atoms with Crippen LogP contribution in [0.2, 0.25) is 0 Å². The Kier molecular flexibility index (Phi) is 3.80. The number of aryl methyl sites for hydroxylation is 1. The topological polar surface area (TPSA) is 21.3 Å². The standard InChI is InChI=1S/C13H16F3NO/c1-9-4-5-11(13(14,15)16)12(7-9)18-8-10-3-2-6-17-10/h4-5,7,10,17H,2-3,6,8H2,1H3. The minimum Gasteiger partial charge on any atom is -0.491 e. The molecule has 1 atom stereocenters. The fraction of sp³-hybridized carbons (Fsp3) is 0.538. The van der Waals surface area contributed by atoms with Crippen LogP contribution in [0.4, 0.5) is 13.2 Å². The van der Waals surface area contributed by atoms with Crippen molar-refractivity contribution in [3.63, 3.8) is 0 Å². The first-order chi connectivity index (χ1) is 8.47. The molecule has 1 N–H and O–H groups in total. The second kappa shape index (κ2) is 5.18. The van der Waals surface area contributed by atoms with E-state index in [1.54, 1.807) is 6.92 Å². The third kappa shape index (κ3) is 3.16. The van der Waals surface area contributed by atoms with E-state index in [4.69, 9.17) is 4.74 Å². The van der Waals surface area contributed by atoms with Crippen molar-refractivity contribution >= 4 is 0 Å². The van der Waals surface area contributed by atoms with E-state index in [1.165, 1.54) is 12.1 Å². The number of alkyl halides is 3. The van der Waals surface area contributed by atoms with Gasteiger partial charge in [-0.1, -0.05) is 6.07 Å². The average Bonchev–Trinajstić information content (AvgIpc) is 2.77. The first kappa shape index (κ1) is 13.2. The lowest BCUT2D eigenvalue weighted by atomic mass is 10.1. The molecule has 0 aliphatic carbocycles. The fourth-order valence-corrected chi connectivity index (χ4v) is 2.07. The summed E-state index contributed by atoms with van der Waals surface area (Å²) in [5.74, 6) is -0.0730. The quantitative estimate of drug-likeness (QED) is 0.900. The lowest BCUT2D eigenvalue weighted by Crippen LogP contribution is -2.28. The summed E-state index contributed by atoms with van der Waals surface area (Å²) in [4.78, 5) is 0. The highest BCUT2D eigenvalue weighted by Crippen LogP contribution is 2.36. The lowest BCUT2D eigenvalue weighted by Gasteiger charge is -2.17. The minimum absolute atomic E-state index is 0.0730. The van der Waals surface area contributed by atoms with Gasteiger partial charge >= 0.3 is 6.18 Å². The highest BCUT2D eigenvalue weighted by molar-refractivity contribution is 5.39. The second-order valence-corrected chi connectivity index (χ2v) is 4.60. The molecule has 2 rings (SSSR count). The number of hydrogen-bond acceptors (Lipinski definition) is 2. The molecule has 1 aliphatic rings. The Labute approximate surface area is 104 Å². The van der Waals surface area contributed by atoms with Crippen LogP contribution in [-0.2, 0) is 6.18 Å². The predicted octanol–water partition coefficient (Wildman–Crippen LogP) is 3.14. The normalized spacial score (nSPS) is 20.1. The van der Waals surface area contributed by atoms with Crippen LogP contribution in [0.25, 0.3) is 0 Å². The second-order valence-electron chi connectivity index (χ2n) is 4.60. The van der Waals surface area contributed by atoms with E-state index in [-0.39, 0.29) is 18.4 Å². The number of ether oxygens (including phenoxy) is 1. The van der Waals surface area contributed by atoms with Gasteiger partial charge in [0.25, 0.3) is 0 Å². The summed E-state index contributed by atoms with van der Waals surface area (Å²) in [5, 5.41) is 3.19. The molecule has 18 heavy (non-hydrogen) atoms. The highest BCUT2D eigenvalue weighted by Gasteiger charge is 2.34. The Balaban J connectivity index is 2.12. The molecule has 2 nitrogen and oxygen atoms in total. The van der Waals surface area contributed by atoms with Crippen LogP contribution in [0.15, 0.2) is 18.2 Å². The van der Waals surface area contributed by atoms with Gasteiger partial charge in [0.2, 0.25) is 0 Å². The predicted molar refractivity (Wildman–Crippen MR) is 62.7 cm³/mol. The lowest BCUT2D eigenvalue weighted by molar-refractivity contribution is -0.139. The van der Waals surface area contributed by atoms with E-state index in [0.717, 1.165) is 31.0 Å². The maximum atomic E-state index is 12.8. The molecular weight excluding hydrogens is 243 g/mol. The van der Waals surface area contributed by atoms with Gasteiger partial charge in [-0.05, 0) is 44.0 Å². The van der Waals surface area contributed by atoms with Crippen LogP contribution in [0.5, 0.6) is 5.75 Å². The van der Waals surface area contributed by atoms with Crippen molar-refractivity contribution < 1.29 is 17.9 Å². The molecule has 1 saturated heterocycles. The van der Waals surface area contributed by atoms with Gasteiger partial charge in [-0.15, -0.1) is 0 Å². The van der Waals surface area contributed by atoms with E-state index in [0.29, 0.717) is 0 Å². The zero-order valence-electron chi connectivity index (χ0n) is 10.2. The first-order valence-electron chi connectivity index (χ1n) is 6.01. The highest BCUT2D eigenvalue weighted by atomic mass is 19.4. The van der Waals surface area contributed by atoms with Gasteiger partial charge in [0.1, 0.15) is 12.4 Å². The van der Waals surface area contributed by atoms with Gasteiger partial charge < -0.3 is 10.1 Å². The minimum atomic E-state index is -4.37. The van der Waals surface area contributed by atoms with Crippen molar-refractivity contribution in [2.24, 2.45) is 0 Å². The molecular formula is C13H16F3NO. The van der Waals surface area contributed by atoms with E-state index in [1.807, 2.05) is 0 Å². The van der Waals surface area contributed by atoms with Gasteiger partial charge in [0, 0.05) is 6.04 Å². The molecule has 1 aliphatic heterocycles. The molecule has 0 bridgehead atoms. The van der Waals surface area contributed by atoms with Crippen molar-refractivity contribution in [2.45, 2.75) is 32.0 Å². The zero-order chi connectivity index (χ0) is 13.2. The van der Waals surface area contributed by atoms with Crippen molar-refractivity contribution in [3.8, 4) is 5.75 Å².